The molecule has 0 bridgehead atoms. The quantitative estimate of drug-likeness (QED) is 0.240. The summed E-state index contributed by atoms with van der Waals surface area (Å²) in [7, 11) is 3.52. The average Bonchev–Trinajstić information content (AvgIpc) is 3.29. The van der Waals surface area contributed by atoms with Crippen LogP contribution in [-0.2, 0) is 0 Å². The van der Waals surface area contributed by atoms with Gasteiger partial charge in [-0.2, -0.15) is 4.98 Å². The zero-order valence-corrected chi connectivity index (χ0v) is 17.2. The van der Waals surface area contributed by atoms with Gasteiger partial charge in [0.25, 0.3) is 5.95 Å². The molecule has 0 amide bonds. The third-order valence-electron chi connectivity index (χ3n) is 4.28. The minimum absolute atomic E-state index is 0.0406. The summed E-state index contributed by atoms with van der Waals surface area (Å²) in [6, 6.07) is 8.64. The summed E-state index contributed by atoms with van der Waals surface area (Å²) in [5, 5.41) is 30.9. The van der Waals surface area contributed by atoms with Crippen LogP contribution in [0.5, 0.6) is 0 Å². The number of pyridine rings is 1. The van der Waals surface area contributed by atoms with E-state index in [4.69, 9.17) is 10.8 Å². The first-order chi connectivity index (χ1) is 15.1. The van der Waals surface area contributed by atoms with E-state index < -0.39 is 0 Å². The van der Waals surface area contributed by atoms with E-state index in [1.165, 1.54) is 11.0 Å². The predicted molar refractivity (Wildman–Crippen MR) is 118 cm³/mol. The van der Waals surface area contributed by atoms with Gasteiger partial charge in [0.2, 0.25) is 0 Å². The number of aliphatic hydroxyl groups is 1. The number of ketones is 1. The predicted octanol–water partition coefficient (Wildman–Crippen LogP) is 1.71. The summed E-state index contributed by atoms with van der Waals surface area (Å²) in [4.78, 5) is 20.2. The summed E-state index contributed by atoms with van der Waals surface area (Å²) >= 11 is 0. The molecule has 0 spiro atoms. The van der Waals surface area contributed by atoms with Crippen molar-refractivity contribution < 1.29 is 9.90 Å². The lowest BCUT2D eigenvalue weighted by molar-refractivity contribution is 0.100. The lowest BCUT2D eigenvalue weighted by Gasteiger charge is -2.13. The second-order valence-electron chi connectivity index (χ2n) is 6.27. The van der Waals surface area contributed by atoms with E-state index in [1.807, 2.05) is 0 Å². The molecule has 12 heteroatoms. The molecule has 1 aromatic carbocycles. The van der Waals surface area contributed by atoms with Crippen LogP contribution in [0.15, 0.2) is 46.9 Å². The fraction of sp³-hybridized carbons (Fsp3) is 0.263. The number of nitrogens with one attached hydrogen (secondary N) is 3. The monoisotopic (exact) mass is 424 g/mol. The van der Waals surface area contributed by atoms with Crippen LogP contribution in [0.25, 0.3) is 5.69 Å². The van der Waals surface area contributed by atoms with Gasteiger partial charge < -0.3 is 26.8 Å². The van der Waals surface area contributed by atoms with Gasteiger partial charge in [0.1, 0.15) is 12.1 Å². The number of Topliss-reactive ketones (excluding diaryl/α,β-unsaturated/α-hetero) is 1. The molecule has 2 heterocycles. The largest absolute Gasteiger partial charge is 0.395 e. The molecular weight excluding hydrogens is 400 g/mol. The Balaban J connectivity index is 1.86. The molecule has 0 aliphatic rings. The van der Waals surface area contributed by atoms with E-state index in [0.29, 0.717) is 40.8 Å². The minimum Gasteiger partial charge on any atom is -0.395 e. The van der Waals surface area contributed by atoms with Crippen LogP contribution in [-0.4, -0.2) is 64.4 Å². The van der Waals surface area contributed by atoms with Gasteiger partial charge in [-0.15, -0.1) is 15.3 Å². The van der Waals surface area contributed by atoms with Gasteiger partial charge in [-0.3, -0.25) is 4.79 Å². The van der Waals surface area contributed by atoms with Crippen LogP contribution >= 0.6 is 0 Å². The van der Waals surface area contributed by atoms with Gasteiger partial charge in [-0.25, -0.2) is 9.67 Å². The Labute approximate surface area is 178 Å². The number of azo groups is 1. The number of hydrogen-bond acceptors (Lipinski definition) is 11. The number of carbonyl (C=O) groups is 1. The Hall–Kier alpha value is -3.90. The fourth-order valence-corrected chi connectivity index (χ4v) is 2.69. The van der Waals surface area contributed by atoms with Crippen molar-refractivity contribution in [3.05, 3.63) is 42.2 Å². The standard InChI is InChI=1S/C19H24N10O2/c1-21-14-9-16(22-2)25-18(23-7-8-30)17(14)26-27-19-24-11-29(28-19)13-5-3-12(4-6-13)15(31)10-20/h3-6,9,11,30H,7-8,10,20H2,1-2H3,(H3,21,22,23,25). The van der Waals surface area contributed by atoms with Crippen LogP contribution in [0.1, 0.15) is 10.4 Å². The molecular formula is C19H24N10O2. The van der Waals surface area contributed by atoms with Gasteiger partial charge in [0.15, 0.2) is 17.3 Å². The minimum atomic E-state index is -0.136. The number of nitrogens with two attached hydrogens (primary N) is 1. The summed E-state index contributed by atoms with van der Waals surface area (Å²) in [5.41, 5.74) is 7.77. The molecule has 0 radical (unpaired) electrons. The van der Waals surface area contributed by atoms with Crippen LogP contribution in [0.2, 0.25) is 0 Å². The second-order valence-corrected chi connectivity index (χ2v) is 6.27. The first-order valence-corrected chi connectivity index (χ1v) is 9.52. The SMILES string of the molecule is CNc1cc(NC)c(N=Nc2ncn(-c3ccc(C(=O)CN)cc3)n2)c(NCCO)n1. The van der Waals surface area contributed by atoms with Crippen molar-refractivity contribution in [2.75, 3.05) is 49.7 Å². The Morgan fingerprint density at radius 1 is 1.19 bits per heavy atom. The van der Waals surface area contributed by atoms with Crippen molar-refractivity contribution in [3.63, 3.8) is 0 Å². The fourth-order valence-electron chi connectivity index (χ4n) is 2.69. The molecule has 31 heavy (non-hydrogen) atoms. The highest BCUT2D eigenvalue weighted by molar-refractivity contribution is 5.97. The molecule has 0 aliphatic heterocycles. The lowest BCUT2D eigenvalue weighted by atomic mass is 10.1. The number of aromatic nitrogens is 4. The van der Waals surface area contributed by atoms with Gasteiger partial charge in [0, 0.05) is 32.3 Å². The van der Waals surface area contributed by atoms with Crippen molar-refractivity contribution >= 4 is 34.7 Å². The van der Waals surface area contributed by atoms with Crippen molar-refractivity contribution in [1.82, 2.24) is 19.7 Å². The highest BCUT2D eigenvalue weighted by atomic mass is 16.3. The van der Waals surface area contributed by atoms with Crippen molar-refractivity contribution in [2.24, 2.45) is 16.0 Å². The number of nitrogens with zero attached hydrogens (tertiary/aromatic N) is 6. The molecule has 12 nitrogen and oxygen atoms in total. The van der Waals surface area contributed by atoms with Gasteiger partial charge in [-0.05, 0) is 24.3 Å². The number of anilines is 3. The Kier molecular flexibility index (Phi) is 7.19. The molecule has 6 N–H and O–H groups in total. The molecule has 0 saturated heterocycles. The van der Waals surface area contributed by atoms with E-state index >= 15 is 0 Å². The number of rotatable bonds is 10. The smallest absolute Gasteiger partial charge is 0.287 e. The highest BCUT2D eigenvalue weighted by Gasteiger charge is 2.12. The lowest BCUT2D eigenvalue weighted by Crippen LogP contribution is -2.13. The number of benzene rings is 1. The van der Waals surface area contributed by atoms with E-state index in [-0.39, 0.29) is 24.9 Å². The zero-order valence-electron chi connectivity index (χ0n) is 17.2. The molecule has 0 fully saturated rings. The summed E-state index contributed by atoms with van der Waals surface area (Å²) in [6.07, 6.45) is 1.50. The maximum absolute atomic E-state index is 11.7. The molecule has 3 rings (SSSR count). The Bertz CT molecular complexity index is 1060. The van der Waals surface area contributed by atoms with Gasteiger partial charge >= 0.3 is 0 Å². The second kappa shape index (κ2) is 10.2. The van der Waals surface area contributed by atoms with Crippen LogP contribution in [0.3, 0.4) is 0 Å². The topological polar surface area (TPSA) is 168 Å². The molecule has 3 aromatic rings. The molecule has 0 saturated carbocycles. The molecule has 162 valence electrons. The maximum atomic E-state index is 11.7. The zero-order chi connectivity index (χ0) is 22.2. The first kappa shape index (κ1) is 21.8. The Morgan fingerprint density at radius 2 is 1.97 bits per heavy atom. The number of aliphatic hydroxyl groups excluding tert-OH is 1. The van der Waals surface area contributed by atoms with Crippen molar-refractivity contribution in [3.8, 4) is 5.69 Å². The highest BCUT2D eigenvalue weighted by Crippen LogP contribution is 2.35. The third kappa shape index (κ3) is 5.18. The van der Waals surface area contributed by atoms with Gasteiger partial charge in [-0.1, -0.05) is 0 Å². The molecule has 0 aliphatic carbocycles. The van der Waals surface area contributed by atoms with Crippen molar-refractivity contribution in [1.29, 1.82) is 0 Å². The third-order valence-corrected chi connectivity index (χ3v) is 4.28. The molecule has 0 atom stereocenters. The van der Waals surface area contributed by atoms with E-state index in [2.05, 4.69) is 41.2 Å². The maximum Gasteiger partial charge on any atom is 0.287 e. The van der Waals surface area contributed by atoms with E-state index in [1.54, 1.807) is 44.4 Å². The van der Waals surface area contributed by atoms with Crippen LogP contribution in [0, 0.1) is 0 Å². The van der Waals surface area contributed by atoms with Crippen LogP contribution in [0.4, 0.5) is 29.0 Å². The summed E-state index contributed by atoms with van der Waals surface area (Å²) < 4.78 is 1.53. The van der Waals surface area contributed by atoms with E-state index in [0.717, 1.165) is 0 Å². The summed E-state index contributed by atoms with van der Waals surface area (Å²) in [6.45, 7) is 0.209. The van der Waals surface area contributed by atoms with E-state index in [9.17, 15) is 4.79 Å². The Morgan fingerprint density at radius 3 is 2.61 bits per heavy atom. The van der Waals surface area contributed by atoms with Crippen molar-refractivity contribution in [2.45, 2.75) is 0 Å². The number of hydrogen-bond donors (Lipinski definition) is 5. The normalized spacial score (nSPS) is 11.0. The molecule has 2 aromatic heterocycles. The van der Waals surface area contributed by atoms with Gasteiger partial charge in [0.05, 0.1) is 24.5 Å². The van der Waals surface area contributed by atoms with Crippen LogP contribution < -0.4 is 21.7 Å². The number of carbonyl (C=O) groups excluding carboxylic acids is 1. The molecule has 0 unspecified atom stereocenters. The summed E-state index contributed by atoms with van der Waals surface area (Å²) in [5.74, 6) is 1.09. The average molecular weight is 424 g/mol. The first-order valence-electron chi connectivity index (χ1n) is 9.52.